The highest BCUT2D eigenvalue weighted by Crippen LogP contribution is 2.20. The van der Waals surface area contributed by atoms with E-state index < -0.39 is 38.9 Å². The second-order valence-electron chi connectivity index (χ2n) is 4.78. The van der Waals surface area contributed by atoms with Gasteiger partial charge in [-0.25, -0.2) is 32.8 Å². The summed E-state index contributed by atoms with van der Waals surface area (Å²) in [6.45, 7) is 0. The largest absolute Gasteiger partial charge is 0.464 e. The Morgan fingerprint density at radius 3 is 2.76 bits per heavy atom. The number of rotatable bonds is 5. The first-order chi connectivity index (χ1) is 11.8. The lowest BCUT2D eigenvalue weighted by atomic mass is 10.3. The lowest BCUT2D eigenvalue weighted by Crippen LogP contribution is -2.35. The number of nitrogens with one attached hydrogen (secondary N) is 2. The number of hydrazine groups is 1. The molecule has 0 bridgehead atoms. The van der Waals surface area contributed by atoms with Crippen molar-refractivity contribution in [3.8, 4) is 0 Å². The van der Waals surface area contributed by atoms with E-state index in [1.807, 2.05) is 5.43 Å². The minimum Gasteiger partial charge on any atom is -0.464 e. The van der Waals surface area contributed by atoms with E-state index in [9.17, 15) is 22.0 Å². The van der Waals surface area contributed by atoms with Gasteiger partial charge in [0.15, 0.2) is 21.5 Å². The van der Waals surface area contributed by atoms with Gasteiger partial charge in [0.1, 0.15) is 23.0 Å². The van der Waals surface area contributed by atoms with E-state index in [-0.39, 0.29) is 16.4 Å². The molecule has 8 nitrogen and oxygen atoms in total. The summed E-state index contributed by atoms with van der Waals surface area (Å²) in [6, 6.07) is 4.36. The molecule has 0 saturated heterocycles. The van der Waals surface area contributed by atoms with Crippen LogP contribution in [0.25, 0.3) is 0 Å². The maximum atomic E-state index is 13.6. The summed E-state index contributed by atoms with van der Waals surface area (Å²) in [5, 5.41) is 0. The van der Waals surface area contributed by atoms with Gasteiger partial charge in [-0.1, -0.05) is 6.07 Å². The molecule has 11 heteroatoms. The predicted molar refractivity (Wildman–Crippen MR) is 85.0 cm³/mol. The fourth-order valence-corrected chi connectivity index (χ4v) is 3.09. The second kappa shape index (κ2) is 7.40. The zero-order chi connectivity index (χ0) is 18.6. The molecule has 1 aromatic heterocycles. The molecular formula is C14H14F2N4O4S. The molecule has 25 heavy (non-hydrogen) atoms. The van der Waals surface area contributed by atoms with Gasteiger partial charge in [-0.05, 0) is 18.2 Å². The lowest BCUT2D eigenvalue weighted by molar-refractivity contribution is 0.0594. The molecular weight excluding hydrogens is 358 g/mol. The maximum Gasteiger partial charge on any atom is 0.354 e. The van der Waals surface area contributed by atoms with Gasteiger partial charge in [0.2, 0.25) is 0 Å². The molecule has 2 rings (SSSR count). The van der Waals surface area contributed by atoms with Gasteiger partial charge < -0.3 is 15.1 Å². The topological polar surface area (TPSA) is 127 Å². The summed E-state index contributed by atoms with van der Waals surface area (Å²) in [5.74, 6) is 1.08. The standard InChI is InChI=1S/C14H14F2N4O4S/c1-24-14(21)11-5-8(6-18-11)25(22,23)7-12(20-17)19-10-4-2-3-9(15)13(10)16/h2-6,18H,7,17H2,1H3,(H,19,20). The molecule has 0 aliphatic rings. The van der Waals surface area contributed by atoms with Crippen molar-refractivity contribution in [2.75, 3.05) is 12.9 Å². The Bertz CT molecular complexity index is 925. The monoisotopic (exact) mass is 372 g/mol. The number of nitrogens with zero attached hydrogens (tertiary/aromatic N) is 1. The fourth-order valence-electron chi connectivity index (χ4n) is 1.88. The minimum atomic E-state index is -3.96. The van der Waals surface area contributed by atoms with Gasteiger partial charge in [-0.15, -0.1) is 0 Å². The first-order valence-electron chi connectivity index (χ1n) is 6.76. The number of hydrogen-bond acceptors (Lipinski definition) is 6. The number of hydrogen-bond donors (Lipinski definition) is 3. The van der Waals surface area contributed by atoms with Crippen LogP contribution in [0, 0.1) is 11.6 Å². The third-order valence-corrected chi connectivity index (χ3v) is 4.71. The number of methoxy groups -OCH3 is 1. The Kier molecular flexibility index (Phi) is 5.49. The van der Waals surface area contributed by atoms with Crippen LogP contribution < -0.4 is 11.3 Å². The summed E-state index contributed by atoms with van der Waals surface area (Å²) in [5.41, 5.74) is 1.58. The van der Waals surface area contributed by atoms with Crippen LogP contribution in [0.4, 0.5) is 14.5 Å². The van der Waals surface area contributed by atoms with Gasteiger partial charge in [-0.3, -0.25) is 0 Å². The van der Waals surface area contributed by atoms with Crippen LogP contribution in [0.3, 0.4) is 0 Å². The molecule has 0 atom stereocenters. The van der Waals surface area contributed by atoms with Gasteiger partial charge in [-0.2, -0.15) is 0 Å². The van der Waals surface area contributed by atoms with Crippen LogP contribution in [0.2, 0.25) is 0 Å². The SMILES string of the molecule is COC(=O)c1cc(S(=O)(=O)CC(=Nc2cccc(F)c2F)NN)c[nH]1. The number of H-pyrrole nitrogens is 1. The summed E-state index contributed by atoms with van der Waals surface area (Å²) in [4.78, 5) is 17.3. The Hall–Kier alpha value is -2.79. The van der Waals surface area contributed by atoms with E-state index in [1.54, 1.807) is 0 Å². The number of benzene rings is 1. The molecule has 2 aromatic rings. The normalized spacial score (nSPS) is 12.1. The average Bonchev–Trinajstić information content (AvgIpc) is 3.08. The van der Waals surface area contributed by atoms with E-state index in [0.29, 0.717) is 0 Å². The Morgan fingerprint density at radius 2 is 2.12 bits per heavy atom. The van der Waals surface area contributed by atoms with E-state index in [1.165, 1.54) is 6.07 Å². The Morgan fingerprint density at radius 1 is 1.40 bits per heavy atom. The predicted octanol–water partition coefficient (Wildman–Crippen LogP) is 1.05. The van der Waals surface area contributed by atoms with Gasteiger partial charge in [0.05, 0.1) is 12.0 Å². The van der Waals surface area contributed by atoms with Crippen LogP contribution in [0.15, 0.2) is 40.4 Å². The Labute approximate surface area is 141 Å². The van der Waals surface area contributed by atoms with Crippen molar-refractivity contribution in [3.63, 3.8) is 0 Å². The number of aliphatic imine (C=N–C) groups is 1. The average molecular weight is 372 g/mol. The van der Waals surface area contributed by atoms with Gasteiger partial charge in [0, 0.05) is 6.20 Å². The highest BCUT2D eigenvalue weighted by Gasteiger charge is 2.22. The molecule has 0 saturated carbocycles. The maximum absolute atomic E-state index is 13.6. The summed E-state index contributed by atoms with van der Waals surface area (Å²) < 4.78 is 56.0. The number of ether oxygens (including phenoxy) is 1. The third kappa shape index (κ3) is 4.19. The molecule has 0 radical (unpaired) electrons. The molecule has 0 aliphatic carbocycles. The van der Waals surface area contributed by atoms with E-state index in [2.05, 4.69) is 14.7 Å². The van der Waals surface area contributed by atoms with Crippen LogP contribution in [0.1, 0.15) is 10.5 Å². The second-order valence-corrected chi connectivity index (χ2v) is 6.77. The van der Waals surface area contributed by atoms with Crippen molar-refractivity contribution < 1.29 is 26.7 Å². The van der Waals surface area contributed by atoms with Crippen LogP contribution in [-0.2, 0) is 14.6 Å². The van der Waals surface area contributed by atoms with Crippen molar-refractivity contribution in [2.45, 2.75) is 4.90 Å². The van der Waals surface area contributed by atoms with Crippen LogP contribution in [-0.4, -0.2) is 38.1 Å². The van der Waals surface area contributed by atoms with Crippen molar-refractivity contribution in [3.05, 3.63) is 47.8 Å². The number of amidine groups is 1. The number of esters is 1. The van der Waals surface area contributed by atoms with Crippen LogP contribution >= 0.6 is 0 Å². The molecule has 0 fully saturated rings. The van der Waals surface area contributed by atoms with Crippen molar-refractivity contribution >= 4 is 27.3 Å². The van der Waals surface area contributed by atoms with E-state index in [0.717, 1.165) is 31.5 Å². The number of aromatic nitrogens is 1. The molecule has 134 valence electrons. The van der Waals surface area contributed by atoms with Crippen molar-refractivity contribution in [1.29, 1.82) is 0 Å². The molecule has 1 heterocycles. The Balaban J connectivity index is 2.31. The zero-order valence-electron chi connectivity index (χ0n) is 12.9. The molecule has 0 spiro atoms. The van der Waals surface area contributed by atoms with E-state index >= 15 is 0 Å². The number of sulfone groups is 1. The first kappa shape index (κ1) is 18.5. The number of nitrogens with two attached hydrogens (primary N) is 1. The highest BCUT2D eigenvalue weighted by molar-refractivity contribution is 7.92. The summed E-state index contributed by atoms with van der Waals surface area (Å²) in [6.07, 6.45) is 1.10. The molecule has 0 amide bonds. The fraction of sp³-hybridized carbons (Fsp3) is 0.143. The summed E-state index contributed by atoms with van der Waals surface area (Å²) in [7, 11) is -2.82. The lowest BCUT2D eigenvalue weighted by Gasteiger charge is -2.07. The first-order valence-corrected chi connectivity index (χ1v) is 8.41. The number of aromatic amines is 1. The molecule has 0 unspecified atom stereocenters. The molecule has 4 N–H and O–H groups in total. The van der Waals surface area contributed by atoms with Crippen molar-refractivity contribution in [2.24, 2.45) is 10.8 Å². The van der Waals surface area contributed by atoms with Crippen LogP contribution in [0.5, 0.6) is 0 Å². The zero-order valence-corrected chi connectivity index (χ0v) is 13.7. The number of halogens is 2. The van der Waals surface area contributed by atoms with Gasteiger partial charge in [0.25, 0.3) is 0 Å². The smallest absolute Gasteiger partial charge is 0.354 e. The number of carbonyl (C=O) groups is 1. The highest BCUT2D eigenvalue weighted by atomic mass is 32.2. The number of carbonyl (C=O) groups excluding carboxylic acids is 1. The molecule has 0 aliphatic heterocycles. The van der Waals surface area contributed by atoms with Gasteiger partial charge >= 0.3 is 5.97 Å². The summed E-state index contributed by atoms with van der Waals surface area (Å²) >= 11 is 0. The van der Waals surface area contributed by atoms with Crippen molar-refractivity contribution in [1.82, 2.24) is 10.4 Å². The third-order valence-electron chi connectivity index (χ3n) is 3.10. The minimum absolute atomic E-state index is 0.0588. The quantitative estimate of drug-likeness (QED) is 0.237. The van der Waals surface area contributed by atoms with E-state index in [4.69, 9.17) is 5.84 Å². The molecule has 1 aromatic carbocycles.